The zero-order valence-corrected chi connectivity index (χ0v) is 8.53. The fourth-order valence-corrected chi connectivity index (χ4v) is 1.12. The van der Waals surface area contributed by atoms with Crippen molar-refractivity contribution in [2.24, 2.45) is 0 Å². The van der Waals surface area contributed by atoms with Crippen LogP contribution in [0.15, 0.2) is 6.07 Å². The summed E-state index contributed by atoms with van der Waals surface area (Å²) >= 11 is 0. The number of alkyl halides is 2. The summed E-state index contributed by atoms with van der Waals surface area (Å²) in [4.78, 5) is 14.0. The first kappa shape index (κ1) is 12.2. The molecule has 0 aliphatic rings. The van der Waals surface area contributed by atoms with Crippen LogP contribution in [0.4, 0.5) is 8.78 Å². The first-order valence-corrected chi connectivity index (χ1v) is 4.15. The van der Waals surface area contributed by atoms with Crippen molar-refractivity contribution < 1.29 is 28.2 Å². The Labute approximate surface area is 89.6 Å². The van der Waals surface area contributed by atoms with Crippen LogP contribution < -0.4 is 9.47 Å². The molecule has 0 spiro atoms. The van der Waals surface area contributed by atoms with Crippen molar-refractivity contribution in [2.45, 2.75) is 6.43 Å². The number of aromatic carboxylic acids is 1. The molecule has 0 aliphatic carbocycles. The fraction of sp³-hybridized carbons (Fsp3) is 0.333. The zero-order valence-electron chi connectivity index (χ0n) is 8.53. The monoisotopic (exact) mass is 233 g/mol. The Morgan fingerprint density at radius 2 is 1.94 bits per heavy atom. The van der Waals surface area contributed by atoms with E-state index in [1.165, 1.54) is 14.2 Å². The molecule has 0 radical (unpaired) electrons. The topological polar surface area (TPSA) is 68.7 Å². The van der Waals surface area contributed by atoms with Crippen LogP contribution in [0, 0.1) is 0 Å². The van der Waals surface area contributed by atoms with Crippen molar-refractivity contribution in [3.8, 4) is 11.5 Å². The second-order valence-corrected chi connectivity index (χ2v) is 2.73. The van der Waals surface area contributed by atoms with Gasteiger partial charge in [-0.2, -0.15) is 0 Å². The van der Waals surface area contributed by atoms with Crippen LogP contribution in [-0.2, 0) is 0 Å². The molecule has 1 heterocycles. The number of halogens is 2. The molecule has 1 rings (SSSR count). The molecule has 0 amide bonds. The molecule has 0 saturated carbocycles. The lowest BCUT2D eigenvalue weighted by Gasteiger charge is -2.10. The van der Waals surface area contributed by atoms with E-state index in [4.69, 9.17) is 9.84 Å². The smallest absolute Gasteiger partial charge is 0.358 e. The standard InChI is InChI=1S/C9H9F2NO4/c1-15-4-3-5(16-2)7(9(13)14)12-6(4)8(10)11/h3,8H,1-2H3,(H,13,14). The third-order valence-corrected chi connectivity index (χ3v) is 1.83. The van der Waals surface area contributed by atoms with Crippen LogP contribution in [0.2, 0.25) is 0 Å². The van der Waals surface area contributed by atoms with Gasteiger partial charge in [0.25, 0.3) is 6.43 Å². The second-order valence-electron chi connectivity index (χ2n) is 2.73. The molecule has 0 unspecified atom stereocenters. The van der Waals surface area contributed by atoms with Crippen molar-refractivity contribution >= 4 is 5.97 Å². The van der Waals surface area contributed by atoms with Gasteiger partial charge in [-0.05, 0) is 0 Å². The predicted octanol–water partition coefficient (Wildman–Crippen LogP) is 1.73. The molecular weight excluding hydrogens is 224 g/mol. The Morgan fingerprint density at radius 3 is 2.31 bits per heavy atom. The Morgan fingerprint density at radius 1 is 1.38 bits per heavy atom. The van der Waals surface area contributed by atoms with Gasteiger partial charge in [0.05, 0.1) is 14.2 Å². The zero-order chi connectivity index (χ0) is 12.3. The van der Waals surface area contributed by atoms with Crippen LogP contribution in [0.5, 0.6) is 11.5 Å². The fourth-order valence-electron chi connectivity index (χ4n) is 1.12. The highest BCUT2D eigenvalue weighted by Crippen LogP contribution is 2.32. The van der Waals surface area contributed by atoms with E-state index in [1.54, 1.807) is 0 Å². The van der Waals surface area contributed by atoms with Gasteiger partial charge in [-0.1, -0.05) is 0 Å². The third kappa shape index (κ3) is 2.18. The molecular formula is C9H9F2NO4. The SMILES string of the molecule is COc1cc(OC)c(C(F)F)nc1C(=O)O. The predicted molar refractivity (Wildman–Crippen MR) is 49.3 cm³/mol. The highest BCUT2D eigenvalue weighted by atomic mass is 19.3. The summed E-state index contributed by atoms with van der Waals surface area (Å²) in [5.74, 6) is -1.79. The van der Waals surface area contributed by atoms with E-state index in [1.807, 2.05) is 0 Å². The average Bonchev–Trinajstić information content (AvgIpc) is 2.26. The third-order valence-electron chi connectivity index (χ3n) is 1.83. The lowest BCUT2D eigenvalue weighted by Crippen LogP contribution is -2.08. The molecule has 0 atom stereocenters. The van der Waals surface area contributed by atoms with Gasteiger partial charge in [-0.25, -0.2) is 18.6 Å². The molecule has 7 heteroatoms. The molecule has 0 aromatic carbocycles. The molecule has 5 nitrogen and oxygen atoms in total. The second kappa shape index (κ2) is 4.73. The van der Waals surface area contributed by atoms with Gasteiger partial charge < -0.3 is 14.6 Å². The number of nitrogens with zero attached hydrogens (tertiary/aromatic N) is 1. The highest BCUT2D eigenvalue weighted by molar-refractivity contribution is 5.88. The maximum absolute atomic E-state index is 12.5. The summed E-state index contributed by atoms with van der Waals surface area (Å²) in [7, 11) is 2.40. The largest absolute Gasteiger partial charge is 0.494 e. The Balaban J connectivity index is 3.40. The number of rotatable bonds is 4. The van der Waals surface area contributed by atoms with Crippen LogP contribution in [-0.4, -0.2) is 30.3 Å². The number of hydrogen-bond donors (Lipinski definition) is 1. The maximum Gasteiger partial charge on any atom is 0.358 e. The Kier molecular flexibility index (Phi) is 3.60. The number of pyridine rings is 1. The Bertz CT molecular complexity index is 409. The van der Waals surface area contributed by atoms with Crippen molar-refractivity contribution in [2.75, 3.05) is 14.2 Å². The van der Waals surface area contributed by atoms with E-state index in [-0.39, 0.29) is 11.5 Å². The highest BCUT2D eigenvalue weighted by Gasteiger charge is 2.23. The Hall–Kier alpha value is -1.92. The van der Waals surface area contributed by atoms with E-state index >= 15 is 0 Å². The van der Waals surface area contributed by atoms with Gasteiger partial charge >= 0.3 is 5.97 Å². The normalized spacial score (nSPS) is 10.3. The molecule has 16 heavy (non-hydrogen) atoms. The van der Waals surface area contributed by atoms with Crippen molar-refractivity contribution in [3.63, 3.8) is 0 Å². The first-order valence-electron chi connectivity index (χ1n) is 4.15. The van der Waals surface area contributed by atoms with E-state index < -0.39 is 23.8 Å². The van der Waals surface area contributed by atoms with Crippen LogP contribution >= 0.6 is 0 Å². The molecule has 0 bridgehead atoms. The van der Waals surface area contributed by atoms with E-state index in [0.29, 0.717) is 0 Å². The quantitative estimate of drug-likeness (QED) is 0.857. The van der Waals surface area contributed by atoms with Gasteiger partial charge in [0, 0.05) is 6.07 Å². The molecule has 88 valence electrons. The minimum atomic E-state index is -2.92. The summed E-state index contributed by atoms with van der Waals surface area (Å²) in [5, 5.41) is 8.74. The van der Waals surface area contributed by atoms with E-state index in [0.717, 1.165) is 6.07 Å². The van der Waals surface area contributed by atoms with Crippen LogP contribution in [0.3, 0.4) is 0 Å². The summed E-state index contributed by atoms with van der Waals surface area (Å²) in [6, 6.07) is 1.07. The van der Waals surface area contributed by atoms with Crippen LogP contribution in [0.1, 0.15) is 22.6 Å². The van der Waals surface area contributed by atoms with Crippen molar-refractivity contribution in [1.82, 2.24) is 4.98 Å². The summed E-state index contributed by atoms with van der Waals surface area (Å²) < 4.78 is 34.4. The lowest BCUT2D eigenvalue weighted by atomic mass is 10.2. The van der Waals surface area contributed by atoms with Crippen molar-refractivity contribution in [3.05, 3.63) is 17.5 Å². The number of hydrogen-bond acceptors (Lipinski definition) is 4. The number of aromatic nitrogens is 1. The minimum absolute atomic E-state index is 0.131. The molecule has 1 aromatic rings. The number of carboxylic acids is 1. The molecule has 0 aliphatic heterocycles. The number of methoxy groups -OCH3 is 2. The minimum Gasteiger partial charge on any atom is -0.494 e. The van der Waals surface area contributed by atoms with Crippen molar-refractivity contribution in [1.29, 1.82) is 0 Å². The molecule has 0 fully saturated rings. The molecule has 0 saturated heterocycles. The molecule has 1 aromatic heterocycles. The van der Waals surface area contributed by atoms with Gasteiger partial charge in [-0.15, -0.1) is 0 Å². The summed E-state index contributed by atoms with van der Waals surface area (Å²) in [6.45, 7) is 0. The lowest BCUT2D eigenvalue weighted by molar-refractivity contribution is 0.0684. The van der Waals surface area contributed by atoms with Gasteiger partial charge in [0.2, 0.25) is 0 Å². The average molecular weight is 233 g/mol. The number of ether oxygens (including phenoxy) is 2. The van der Waals surface area contributed by atoms with Gasteiger partial charge in [0.1, 0.15) is 11.4 Å². The van der Waals surface area contributed by atoms with Crippen LogP contribution in [0.25, 0.3) is 0 Å². The van der Waals surface area contributed by atoms with E-state index in [2.05, 4.69) is 9.72 Å². The van der Waals surface area contributed by atoms with Gasteiger partial charge in [0.15, 0.2) is 11.4 Å². The summed E-state index contributed by atoms with van der Waals surface area (Å²) in [5.41, 5.74) is -1.29. The number of carbonyl (C=O) groups is 1. The molecule has 1 N–H and O–H groups in total. The van der Waals surface area contributed by atoms with E-state index in [9.17, 15) is 13.6 Å². The number of carboxylic acid groups (broad SMARTS) is 1. The maximum atomic E-state index is 12.5. The van der Waals surface area contributed by atoms with Gasteiger partial charge in [-0.3, -0.25) is 0 Å². The first-order chi connectivity index (χ1) is 7.51. The summed E-state index contributed by atoms with van der Waals surface area (Å²) in [6.07, 6.45) is -2.92.